The van der Waals surface area contributed by atoms with Crippen molar-refractivity contribution in [2.45, 2.75) is 19.8 Å². The highest BCUT2D eigenvalue weighted by Crippen LogP contribution is 2.24. The summed E-state index contributed by atoms with van der Waals surface area (Å²) in [4.78, 5) is 21.3. The average Bonchev–Trinajstić information content (AvgIpc) is 3.10. The van der Waals surface area contributed by atoms with Gasteiger partial charge in [-0.15, -0.1) is 0 Å². The van der Waals surface area contributed by atoms with Crippen LogP contribution in [0, 0.1) is 0 Å². The SMILES string of the molecule is CCc1ccc2c(CC(=O)N3CCN(c4ccccn4)CC3)coc2c1. The zero-order valence-corrected chi connectivity index (χ0v) is 15.0. The third kappa shape index (κ3) is 3.29. The molecular formula is C21H23N3O2. The molecule has 2 aromatic heterocycles. The number of benzene rings is 1. The Morgan fingerprint density at radius 1 is 1.15 bits per heavy atom. The average molecular weight is 349 g/mol. The molecule has 0 bridgehead atoms. The van der Waals surface area contributed by atoms with E-state index in [-0.39, 0.29) is 5.91 Å². The maximum atomic E-state index is 12.7. The number of aromatic nitrogens is 1. The lowest BCUT2D eigenvalue weighted by molar-refractivity contribution is -0.130. The number of carbonyl (C=O) groups excluding carboxylic acids is 1. The molecule has 0 atom stereocenters. The van der Waals surface area contributed by atoms with Crippen molar-refractivity contribution in [3.05, 3.63) is 60.0 Å². The van der Waals surface area contributed by atoms with E-state index in [9.17, 15) is 4.79 Å². The molecule has 26 heavy (non-hydrogen) atoms. The summed E-state index contributed by atoms with van der Waals surface area (Å²) in [6.07, 6.45) is 4.90. The Morgan fingerprint density at radius 3 is 2.73 bits per heavy atom. The molecule has 1 aliphatic heterocycles. The van der Waals surface area contributed by atoms with Crippen LogP contribution in [0.3, 0.4) is 0 Å². The van der Waals surface area contributed by atoms with Gasteiger partial charge in [-0.2, -0.15) is 0 Å². The van der Waals surface area contributed by atoms with Gasteiger partial charge in [0.1, 0.15) is 11.4 Å². The lowest BCUT2D eigenvalue weighted by atomic mass is 10.1. The minimum absolute atomic E-state index is 0.160. The smallest absolute Gasteiger partial charge is 0.227 e. The molecule has 3 aromatic rings. The van der Waals surface area contributed by atoms with Crippen molar-refractivity contribution in [1.29, 1.82) is 0 Å². The van der Waals surface area contributed by atoms with E-state index in [1.807, 2.05) is 23.1 Å². The summed E-state index contributed by atoms with van der Waals surface area (Å²) < 4.78 is 5.67. The van der Waals surface area contributed by atoms with Crippen molar-refractivity contribution >= 4 is 22.7 Å². The standard InChI is InChI=1S/C21H23N3O2/c1-2-16-6-7-18-17(15-26-19(18)13-16)14-21(25)24-11-9-23(10-12-24)20-5-3-4-8-22-20/h3-8,13,15H,2,9-12,14H2,1H3. The van der Waals surface area contributed by atoms with Crippen LogP contribution in [0.5, 0.6) is 0 Å². The predicted octanol–water partition coefficient (Wildman–Crippen LogP) is 3.28. The summed E-state index contributed by atoms with van der Waals surface area (Å²) in [5.74, 6) is 1.14. The number of nitrogens with zero attached hydrogens (tertiary/aromatic N) is 3. The Kier molecular flexibility index (Phi) is 4.61. The number of anilines is 1. The van der Waals surface area contributed by atoms with Gasteiger partial charge in [0, 0.05) is 43.3 Å². The van der Waals surface area contributed by atoms with E-state index in [0.717, 1.165) is 55.0 Å². The van der Waals surface area contributed by atoms with Gasteiger partial charge in [0.15, 0.2) is 0 Å². The van der Waals surface area contributed by atoms with Gasteiger partial charge < -0.3 is 14.2 Å². The minimum Gasteiger partial charge on any atom is -0.464 e. The van der Waals surface area contributed by atoms with Crippen LogP contribution in [0.25, 0.3) is 11.0 Å². The Bertz CT molecular complexity index is 896. The van der Waals surface area contributed by atoms with Crippen molar-refractivity contribution < 1.29 is 9.21 Å². The molecule has 1 aromatic carbocycles. The van der Waals surface area contributed by atoms with E-state index in [2.05, 4.69) is 35.0 Å². The van der Waals surface area contributed by atoms with Crippen LogP contribution in [0.1, 0.15) is 18.1 Å². The van der Waals surface area contributed by atoms with E-state index in [1.54, 1.807) is 12.5 Å². The van der Waals surface area contributed by atoms with Crippen LogP contribution in [0.15, 0.2) is 53.3 Å². The zero-order chi connectivity index (χ0) is 17.9. The first-order valence-electron chi connectivity index (χ1n) is 9.17. The van der Waals surface area contributed by atoms with Gasteiger partial charge in [-0.3, -0.25) is 4.79 Å². The summed E-state index contributed by atoms with van der Waals surface area (Å²) in [7, 11) is 0. The van der Waals surface area contributed by atoms with Crippen molar-refractivity contribution in [3.63, 3.8) is 0 Å². The molecule has 1 fully saturated rings. The fourth-order valence-electron chi connectivity index (χ4n) is 3.48. The molecule has 5 nitrogen and oxygen atoms in total. The molecule has 0 aliphatic carbocycles. The normalized spacial score (nSPS) is 14.8. The molecule has 4 rings (SSSR count). The van der Waals surface area contributed by atoms with Gasteiger partial charge in [0.25, 0.3) is 0 Å². The number of fused-ring (bicyclic) bond motifs is 1. The number of hydrogen-bond acceptors (Lipinski definition) is 4. The van der Waals surface area contributed by atoms with E-state index < -0.39 is 0 Å². The molecule has 1 saturated heterocycles. The molecule has 0 radical (unpaired) electrons. The first-order chi connectivity index (χ1) is 12.7. The largest absolute Gasteiger partial charge is 0.464 e. The van der Waals surface area contributed by atoms with E-state index in [0.29, 0.717) is 6.42 Å². The van der Waals surface area contributed by atoms with Crippen LogP contribution in [0.4, 0.5) is 5.82 Å². The summed E-state index contributed by atoms with van der Waals surface area (Å²) in [6, 6.07) is 12.2. The highest BCUT2D eigenvalue weighted by Gasteiger charge is 2.22. The predicted molar refractivity (Wildman–Crippen MR) is 102 cm³/mol. The number of rotatable bonds is 4. The van der Waals surface area contributed by atoms with Crippen LogP contribution < -0.4 is 4.90 Å². The van der Waals surface area contributed by atoms with E-state index in [4.69, 9.17) is 4.42 Å². The number of aryl methyl sites for hydroxylation is 1. The maximum Gasteiger partial charge on any atom is 0.227 e. The van der Waals surface area contributed by atoms with Gasteiger partial charge in [0.05, 0.1) is 12.7 Å². The Labute approximate surface area is 153 Å². The second-order valence-corrected chi connectivity index (χ2v) is 6.68. The van der Waals surface area contributed by atoms with Gasteiger partial charge in [0.2, 0.25) is 5.91 Å². The quantitative estimate of drug-likeness (QED) is 0.725. The first-order valence-corrected chi connectivity index (χ1v) is 9.17. The number of piperazine rings is 1. The van der Waals surface area contributed by atoms with Crippen molar-refractivity contribution in [2.24, 2.45) is 0 Å². The summed E-state index contributed by atoms with van der Waals surface area (Å²) in [5, 5.41) is 1.04. The van der Waals surface area contributed by atoms with Crippen LogP contribution in [-0.4, -0.2) is 42.0 Å². The molecule has 134 valence electrons. The lowest BCUT2D eigenvalue weighted by Gasteiger charge is -2.35. The topological polar surface area (TPSA) is 49.6 Å². The van der Waals surface area contributed by atoms with Crippen LogP contribution in [0.2, 0.25) is 0 Å². The molecule has 0 saturated carbocycles. The molecule has 0 unspecified atom stereocenters. The molecule has 1 aliphatic rings. The van der Waals surface area contributed by atoms with Gasteiger partial charge in [-0.05, 0) is 30.2 Å². The summed E-state index contributed by atoms with van der Waals surface area (Å²) in [6.45, 7) is 5.21. The second-order valence-electron chi connectivity index (χ2n) is 6.68. The first kappa shape index (κ1) is 16.6. The number of furan rings is 1. The second kappa shape index (κ2) is 7.20. The molecule has 0 N–H and O–H groups in total. The van der Waals surface area contributed by atoms with Crippen molar-refractivity contribution in [3.8, 4) is 0 Å². The molecular weight excluding hydrogens is 326 g/mol. The van der Waals surface area contributed by atoms with Crippen molar-refractivity contribution in [1.82, 2.24) is 9.88 Å². The van der Waals surface area contributed by atoms with Gasteiger partial charge in [-0.25, -0.2) is 4.98 Å². The minimum atomic E-state index is 0.160. The third-order valence-electron chi connectivity index (χ3n) is 5.08. The van der Waals surface area contributed by atoms with Crippen LogP contribution in [-0.2, 0) is 17.6 Å². The monoisotopic (exact) mass is 349 g/mol. The molecule has 1 amide bonds. The highest BCUT2D eigenvalue weighted by molar-refractivity contribution is 5.88. The lowest BCUT2D eigenvalue weighted by Crippen LogP contribution is -2.49. The molecule has 5 heteroatoms. The summed E-state index contributed by atoms with van der Waals surface area (Å²) >= 11 is 0. The maximum absolute atomic E-state index is 12.7. The third-order valence-corrected chi connectivity index (χ3v) is 5.08. The number of amides is 1. The fraction of sp³-hybridized carbons (Fsp3) is 0.333. The zero-order valence-electron chi connectivity index (χ0n) is 15.0. The van der Waals surface area contributed by atoms with Crippen molar-refractivity contribution in [2.75, 3.05) is 31.1 Å². The summed E-state index contributed by atoms with van der Waals surface area (Å²) in [5.41, 5.74) is 3.09. The Morgan fingerprint density at radius 2 is 2.00 bits per heavy atom. The number of pyridine rings is 1. The number of hydrogen-bond donors (Lipinski definition) is 0. The van der Waals surface area contributed by atoms with E-state index in [1.165, 1.54) is 5.56 Å². The Balaban J connectivity index is 1.40. The molecule has 0 spiro atoms. The van der Waals surface area contributed by atoms with E-state index >= 15 is 0 Å². The van der Waals surface area contributed by atoms with Gasteiger partial charge >= 0.3 is 0 Å². The number of carbonyl (C=O) groups is 1. The van der Waals surface area contributed by atoms with Crippen LogP contribution >= 0.6 is 0 Å². The fourth-order valence-corrected chi connectivity index (χ4v) is 3.48. The Hall–Kier alpha value is -2.82. The van der Waals surface area contributed by atoms with Gasteiger partial charge in [-0.1, -0.05) is 25.1 Å². The highest BCUT2D eigenvalue weighted by atomic mass is 16.3. The molecule has 3 heterocycles.